The second kappa shape index (κ2) is 9.08. The Hall–Kier alpha value is -2.28. The fraction of sp³-hybridized carbons (Fsp3) is 0.600. The van der Waals surface area contributed by atoms with Crippen LogP contribution in [0.15, 0.2) is 24.3 Å². The van der Waals surface area contributed by atoms with Crippen LogP contribution in [0.3, 0.4) is 0 Å². The number of amides is 1. The van der Waals surface area contributed by atoms with Gasteiger partial charge < -0.3 is 25.0 Å². The fourth-order valence-electron chi connectivity index (χ4n) is 3.02. The molecule has 1 heterocycles. The highest BCUT2D eigenvalue weighted by atomic mass is 16.6. The van der Waals surface area contributed by atoms with Crippen LogP contribution in [0.5, 0.6) is 5.75 Å². The van der Waals surface area contributed by atoms with Gasteiger partial charge in [-0.3, -0.25) is 9.59 Å². The van der Waals surface area contributed by atoms with E-state index in [0.29, 0.717) is 19.5 Å². The molecule has 2 rings (SSSR count). The lowest BCUT2D eigenvalue weighted by Gasteiger charge is -2.37. The van der Waals surface area contributed by atoms with E-state index in [1.54, 1.807) is 12.0 Å². The highest BCUT2D eigenvalue weighted by Crippen LogP contribution is 2.22. The smallest absolute Gasteiger partial charge is 0.306 e. The maximum absolute atomic E-state index is 12.5. The van der Waals surface area contributed by atoms with E-state index in [1.165, 1.54) is 0 Å². The largest absolute Gasteiger partial charge is 0.497 e. The molecule has 0 spiro atoms. The molecule has 1 atom stereocenters. The number of methoxy groups -OCH3 is 1. The van der Waals surface area contributed by atoms with Crippen LogP contribution in [0.4, 0.5) is 5.69 Å². The minimum Gasteiger partial charge on any atom is -0.497 e. The summed E-state index contributed by atoms with van der Waals surface area (Å²) in [7, 11) is 1.65. The summed E-state index contributed by atoms with van der Waals surface area (Å²) in [5.74, 6) is 0.382. The molecule has 0 radical (unpaired) electrons. The second-order valence-electron chi connectivity index (χ2n) is 7.75. The van der Waals surface area contributed by atoms with Gasteiger partial charge in [0.1, 0.15) is 11.4 Å². The molecule has 0 aromatic heterocycles. The molecule has 1 aliphatic rings. The van der Waals surface area contributed by atoms with Crippen LogP contribution in [0.25, 0.3) is 0 Å². The highest BCUT2D eigenvalue weighted by Gasteiger charge is 2.26. The molecule has 1 saturated heterocycles. The number of carbonyl (C=O) groups is 2. The third kappa shape index (κ3) is 6.43. The molecular formula is C20H31N3O4. The molecule has 1 unspecified atom stereocenters. The van der Waals surface area contributed by atoms with Crippen molar-refractivity contribution in [2.24, 2.45) is 5.73 Å². The van der Waals surface area contributed by atoms with Gasteiger partial charge in [0.15, 0.2) is 0 Å². The first kappa shape index (κ1) is 21.0. The van der Waals surface area contributed by atoms with E-state index >= 15 is 0 Å². The van der Waals surface area contributed by atoms with Crippen LogP contribution in [0, 0.1) is 0 Å². The number of nitrogens with zero attached hydrogens (tertiary/aromatic N) is 2. The topological polar surface area (TPSA) is 85.1 Å². The van der Waals surface area contributed by atoms with Crippen molar-refractivity contribution in [1.29, 1.82) is 0 Å². The average molecular weight is 377 g/mol. The van der Waals surface area contributed by atoms with Crippen molar-refractivity contribution in [2.75, 3.05) is 38.2 Å². The van der Waals surface area contributed by atoms with Crippen molar-refractivity contribution in [3.8, 4) is 5.75 Å². The van der Waals surface area contributed by atoms with Crippen LogP contribution >= 0.6 is 0 Å². The Morgan fingerprint density at radius 3 is 2.44 bits per heavy atom. The van der Waals surface area contributed by atoms with E-state index in [1.807, 2.05) is 45.0 Å². The molecule has 7 heteroatoms. The van der Waals surface area contributed by atoms with Crippen molar-refractivity contribution in [1.82, 2.24) is 4.90 Å². The van der Waals surface area contributed by atoms with Gasteiger partial charge in [-0.2, -0.15) is 0 Å². The molecule has 150 valence electrons. The van der Waals surface area contributed by atoms with Gasteiger partial charge in [0.05, 0.1) is 13.2 Å². The van der Waals surface area contributed by atoms with Gasteiger partial charge in [-0.1, -0.05) is 6.07 Å². The van der Waals surface area contributed by atoms with Gasteiger partial charge in [0, 0.05) is 44.4 Å². The predicted molar refractivity (Wildman–Crippen MR) is 105 cm³/mol. The van der Waals surface area contributed by atoms with Crippen LogP contribution in [-0.2, 0) is 14.3 Å². The first-order valence-corrected chi connectivity index (χ1v) is 9.35. The Morgan fingerprint density at radius 2 is 1.85 bits per heavy atom. The molecule has 1 amide bonds. The number of benzene rings is 1. The Morgan fingerprint density at radius 1 is 1.19 bits per heavy atom. The predicted octanol–water partition coefficient (Wildman–Crippen LogP) is 1.79. The van der Waals surface area contributed by atoms with Crippen LogP contribution in [-0.4, -0.2) is 61.7 Å². The number of nitrogens with two attached hydrogens (primary N) is 1. The van der Waals surface area contributed by atoms with Crippen LogP contribution in [0.2, 0.25) is 0 Å². The number of hydrogen-bond acceptors (Lipinski definition) is 6. The summed E-state index contributed by atoms with van der Waals surface area (Å²) in [4.78, 5) is 28.3. The van der Waals surface area contributed by atoms with Gasteiger partial charge in [-0.25, -0.2) is 0 Å². The lowest BCUT2D eigenvalue weighted by Crippen LogP contribution is -2.53. The van der Waals surface area contributed by atoms with Crippen molar-refractivity contribution in [2.45, 2.75) is 45.3 Å². The normalized spacial score (nSPS) is 16.0. The summed E-state index contributed by atoms with van der Waals surface area (Å²) < 4.78 is 10.5. The molecule has 0 saturated carbocycles. The number of ether oxygens (including phenoxy) is 2. The number of anilines is 1. The molecule has 1 aromatic rings. The first-order valence-electron chi connectivity index (χ1n) is 9.35. The molecule has 0 aliphatic carbocycles. The quantitative estimate of drug-likeness (QED) is 0.761. The van der Waals surface area contributed by atoms with E-state index in [-0.39, 0.29) is 18.3 Å². The third-order valence-corrected chi connectivity index (χ3v) is 4.41. The Balaban J connectivity index is 1.80. The van der Waals surface area contributed by atoms with Crippen LogP contribution < -0.4 is 15.4 Å². The number of rotatable bonds is 6. The number of piperazine rings is 1. The van der Waals surface area contributed by atoms with Gasteiger partial charge in [0.2, 0.25) is 5.91 Å². The number of esters is 1. The standard InChI is InChI=1S/C20H31N3O4/c1-20(2,3)27-18(24)9-8-17(21)19(25)23-12-10-22(11-13-23)15-6-5-7-16(14-15)26-4/h5-7,14,17H,8-13,21H2,1-4H3. The maximum Gasteiger partial charge on any atom is 0.306 e. The van der Waals surface area contributed by atoms with Gasteiger partial charge in [-0.05, 0) is 39.3 Å². The van der Waals surface area contributed by atoms with E-state index in [0.717, 1.165) is 24.5 Å². The summed E-state index contributed by atoms with van der Waals surface area (Å²) in [6, 6.07) is 7.21. The summed E-state index contributed by atoms with van der Waals surface area (Å²) in [5, 5.41) is 0. The van der Waals surface area contributed by atoms with Crippen LogP contribution in [0.1, 0.15) is 33.6 Å². The zero-order valence-electron chi connectivity index (χ0n) is 16.7. The Labute approximate surface area is 161 Å². The van der Waals surface area contributed by atoms with Crippen molar-refractivity contribution < 1.29 is 19.1 Å². The fourth-order valence-corrected chi connectivity index (χ4v) is 3.02. The maximum atomic E-state index is 12.5. The summed E-state index contributed by atoms with van der Waals surface area (Å²) in [6.45, 7) is 8.13. The molecule has 1 aromatic carbocycles. The zero-order valence-corrected chi connectivity index (χ0v) is 16.7. The Bertz CT molecular complexity index is 649. The Kier molecular flexibility index (Phi) is 7.07. The van der Waals surface area contributed by atoms with Gasteiger partial charge in [0.25, 0.3) is 0 Å². The molecule has 7 nitrogen and oxygen atoms in total. The number of carbonyl (C=O) groups excluding carboxylic acids is 2. The van der Waals surface area contributed by atoms with Gasteiger partial charge in [-0.15, -0.1) is 0 Å². The lowest BCUT2D eigenvalue weighted by molar-refractivity contribution is -0.155. The summed E-state index contributed by atoms with van der Waals surface area (Å²) in [5.41, 5.74) is 6.57. The monoisotopic (exact) mass is 377 g/mol. The molecular weight excluding hydrogens is 346 g/mol. The summed E-state index contributed by atoms with van der Waals surface area (Å²) in [6.07, 6.45) is 0.442. The molecule has 27 heavy (non-hydrogen) atoms. The average Bonchev–Trinajstić information content (AvgIpc) is 2.64. The van der Waals surface area contributed by atoms with Crippen molar-refractivity contribution in [3.63, 3.8) is 0 Å². The third-order valence-electron chi connectivity index (χ3n) is 4.41. The minimum absolute atomic E-state index is 0.108. The second-order valence-corrected chi connectivity index (χ2v) is 7.75. The highest BCUT2D eigenvalue weighted by molar-refractivity contribution is 5.82. The molecule has 1 aliphatic heterocycles. The lowest BCUT2D eigenvalue weighted by atomic mass is 10.1. The zero-order chi connectivity index (χ0) is 20.0. The van der Waals surface area contributed by atoms with Crippen molar-refractivity contribution >= 4 is 17.6 Å². The number of hydrogen-bond donors (Lipinski definition) is 1. The van der Waals surface area contributed by atoms with E-state index < -0.39 is 11.6 Å². The molecule has 0 bridgehead atoms. The minimum atomic E-state index is -0.680. The van der Waals surface area contributed by atoms with E-state index in [2.05, 4.69) is 4.90 Å². The molecule has 1 fully saturated rings. The first-order chi connectivity index (χ1) is 12.7. The summed E-state index contributed by atoms with van der Waals surface area (Å²) >= 11 is 0. The van der Waals surface area contributed by atoms with E-state index in [9.17, 15) is 9.59 Å². The van der Waals surface area contributed by atoms with Gasteiger partial charge >= 0.3 is 5.97 Å². The molecule has 2 N–H and O–H groups in total. The van der Waals surface area contributed by atoms with E-state index in [4.69, 9.17) is 15.2 Å². The SMILES string of the molecule is COc1cccc(N2CCN(C(=O)C(N)CCC(=O)OC(C)(C)C)CC2)c1. The van der Waals surface area contributed by atoms with Crippen molar-refractivity contribution in [3.05, 3.63) is 24.3 Å².